The van der Waals surface area contributed by atoms with E-state index in [1.165, 1.54) is 6.08 Å². The molecule has 7 rings (SSSR count). The SMILES string of the molecule is C=CC(=O)N1CC2(CC(n3nc(N4CCN(C5CCOCC5)C[C@]4(C)COC)c4c5c(Cl)c(C)cc(N)c5c(N)nc43)C2)C1. The minimum Gasteiger partial charge on any atom is -0.398 e. The first-order valence-corrected chi connectivity index (χ1v) is 16.0. The predicted octanol–water partition coefficient (Wildman–Crippen LogP) is 3.77. The molecule has 11 nitrogen and oxygen atoms in total. The summed E-state index contributed by atoms with van der Waals surface area (Å²) >= 11 is 7.11. The number of carbonyl (C=O) groups is 1. The summed E-state index contributed by atoms with van der Waals surface area (Å²) in [4.78, 5) is 24.0. The van der Waals surface area contributed by atoms with Crippen LogP contribution in [-0.4, -0.2) is 102 Å². The first kappa shape index (κ1) is 29.6. The van der Waals surface area contributed by atoms with E-state index >= 15 is 0 Å². The molecule has 3 saturated heterocycles. The maximum atomic E-state index is 12.1. The van der Waals surface area contributed by atoms with E-state index in [0.717, 1.165) is 99.4 Å². The van der Waals surface area contributed by atoms with E-state index in [4.69, 9.17) is 42.6 Å². The molecular formula is C32H43ClN8O3. The monoisotopic (exact) mass is 622 g/mol. The van der Waals surface area contributed by atoms with E-state index in [1.807, 2.05) is 17.9 Å². The Bertz CT molecular complexity index is 1640. The van der Waals surface area contributed by atoms with Gasteiger partial charge in [-0.1, -0.05) is 18.2 Å². The van der Waals surface area contributed by atoms with Crippen molar-refractivity contribution in [3.8, 4) is 0 Å². The highest BCUT2D eigenvalue weighted by Gasteiger charge is 2.55. The number of carbonyl (C=O) groups excluding carboxylic acids is 1. The van der Waals surface area contributed by atoms with E-state index < -0.39 is 0 Å². The molecule has 1 aliphatic carbocycles. The second-order valence-electron chi connectivity index (χ2n) is 13.7. The summed E-state index contributed by atoms with van der Waals surface area (Å²) in [6.45, 7) is 14.1. The number of hydrogen-bond acceptors (Lipinski definition) is 9. The number of nitrogen functional groups attached to an aromatic ring is 2. The Morgan fingerprint density at radius 1 is 1.16 bits per heavy atom. The maximum Gasteiger partial charge on any atom is 0.245 e. The normalized spacial score (nSPS) is 24.6. The summed E-state index contributed by atoms with van der Waals surface area (Å²) in [5.74, 6) is 1.18. The lowest BCUT2D eigenvalue weighted by Crippen LogP contribution is -2.65. The highest BCUT2D eigenvalue weighted by atomic mass is 35.5. The fourth-order valence-electron chi connectivity index (χ4n) is 8.37. The molecule has 0 bridgehead atoms. The van der Waals surface area contributed by atoms with Crippen LogP contribution in [0.15, 0.2) is 18.7 Å². The van der Waals surface area contributed by atoms with Gasteiger partial charge in [-0.3, -0.25) is 9.69 Å². The van der Waals surface area contributed by atoms with Crippen molar-refractivity contribution in [2.24, 2.45) is 5.41 Å². The van der Waals surface area contributed by atoms with Crippen LogP contribution in [0.1, 0.15) is 44.2 Å². The fraction of sp³-hybridized carbons (Fsp3) is 0.594. The van der Waals surface area contributed by atoms with Gasteiger partial charge >= 0.3 is 0 Å². The van der Waals surface area contributed by atoms with Crippen LogP contribution in [0.5, 0.6) is 0 Å². The molecule has 0 radical (unpaired) electrons. The molecule has 236 valence electrons. The Hall–Kier alpha value is -3.12. The zero-order chi connectivity index (χ0) is 31.0. The number of anilines is 3. The molecule has 3 aliphatic heterocycles. The molecule has 1 aromatic carbocycles. The van der Waals surface area contributed by atoms with Crippen molar-refractivity contribution in [3.05, 3.63) is 29.3 Å². The van der Waals surface area contributed by atoms with Gasteiger partial charge in [0.2, 0.25) is 5.91 Å². The van der Waals surface area contributed by atoms with E-state index in [1.54, 1.807) is 7.11 Å². The van der Waals surface area contributed by atoms with Crippen molar-refractivity contribution < 1.29 is 14.3 Å². The Kier molecular flexibility index (Phi) is 7.23. The van der Waals surface area contributed by atoms with Crippen LogP contribution in [0.25, 0.3) is 21.8 Å². The number of aryl methyl sites for hydroxylation is 1. The summed E-state index contributed by atoms with van der Waals surface area (Å²) in [7, 11) is 1.76. The van der Waals surface area contributed by atoms with E-state index in [0.29, 0.717) is 34.6 Å². The summed E-state index contributed by atoms with van der Waals surface area (Å²) in [5, 5.41) is 8.35. The molecule has 5 heterocycles. The molecular weight excluding hydrogens is 580 g/mol. The van der Waals surface area contributed by atoms with Gasteiger partial charge in [0.15, 0.2) is 11.5 Å². The lowest BCUT2D eigenvalue weighted by Gasteiger charge is -2.58. The van der Waals surface area contributed by atoms with Crippen LogP contribution in [0.4, 0.5) is 17.3 Å². The van der Waals surface area contributed by atoms with Gasteiger partial charge in [-0.15, -0.1) is 0 Å². The lowest BCUT2D eigenvalue weighted by atomic mass is 9.60. The number of hydrogen-bond donors (Lipinski definition) is 2. The van der Waals surface area contributed by atoms with Gasteiger partial charge in [0.05, 0.1) is 28.6 Å². The standard InChI is InChI=1S/C32H43ClN8O3/c1-5-23(42)39-16-32(17-39)13-21(14-32)41-29-26(25-24(28(35)36-29)22(34)12-19(2)27(25)33)30(37-41)40-9-8-38(15-31(40,3)18-43-4)20-6-10-44-11-7-20/h5,12,20-21H,1,6-11,13-18,34H2,2-4H3,(H2,35,36)/t31-/m1/s1. The van der Waals surface area contributed by atoms with Crippen molar-refractivity contribution in [2.75, 3.05) is 76.0 Å². The molecule has 1 saturated carbocycles. The largest absolute Gasteiger partial charge is 0.398 e. The Morgan fingerprint density at radius 2 is 1.89 bits per heavy atom. The lowest BCUT2D eigenvalue weighted by molar-refractivity contribution is -0.148. The van der Waals surface area contributed by atoms with Crippen LogP contribution >= 0.6 is 11.6 Å². The molecule has 1 amide bonds. The third-order valence-electron chi connectivity index (χ3n) is 10.5. The summed E-state index contributed by atoms with van der Waals surface area (Å²) in [6, 6.07) is 2.49. The highest BCUT2D eigenvalue weighted by Crippen LogP contribution is 2.55. The van der Waals surface area contributed by atoms with Crippen LogP contribution in [0.3, 0.4) is 0 Å². The number of aromatic nitrogens is 3. The molecule has 1 spiro atoms. The van der Waals surface area contributed by atoms with Gasteiger partial charge < -0.3 is 30.7 Å². The minimum absolute atomic E-state index is 0.00765. The quantitative estimate of drug-likeness (QED) is 0.312. The van der Waals surface area contributed by atoms with Crippen molar-refractivity contribution >= 4 is 56.6 Å². The minimum atomic E-state index is -0.354. The summed E-state index contributed by atoms with van der Waals surface area (Å²) < 4.78 is 13.6. The van der Waals surface area contributed by atoms with Gasteiger partial charge in [0, 0.05) is 81.0 Å². The van der Waals surface area contributed by atoms with Crippen LogP contribution in [0, 0.1) is 12.3 Å². The smallest absolute Gasteiger partial charge is 0.245 e. The number of likely N-dealkylation sites (tertiary alicyclic amines) is 1. The van der Waals surface area contributed by atoms with E-state index in [9.17, 15) is 4.79 Å². The zero-order valence-corrected chi connectivity index (χ0v) is 26.7. The topological polar surface area (TPSA) is 128 Å². The van der Waals surface area contributed by atoms with Crippen molar-refractivity contribution in [2.45, 2.75) is 57.2 Å². The summed E-state index contributed by atoms with van der Waals surface area (Å²) in [5.41, 5.74) is 15.1. The number of nitrogens with two attached hydrogens (primary N) is 2. The second kappa shape index (κ2) is 10.8. The Balaban J connectivity index is 1.33. The van der Waals surface area contributed by atoms with Crippen molar-refractivity contribution in [1.82, 2.24) is 24.6 Å². The predicted molar refractivity (Wildman–Crippen MR) is 174 cm³/mol. The van der Waals surface area contributed by atoms with E-state index in [-0.39, 0.29) is 22.9 Å². The highest BCUT2D eigenvalue weighted by molar-refractivity contribution is 6.40. The third-order valence-corrected chi connectivity index (χ3v) is 11.0. The molecule has 12 heteroatoms. The molecule has 44 heavy (non-hydrogen) atoms. The first-order chi connectivity index (χ1) is 21.1. The molecule has 1 atom stereocenters. The molecule has 2 aromatic heterocycles. The van der Waals surface area contributed by atoms with Crippen LogP contribution < -0.4 is 16.4 Å². The first-order valence-electron chi connectivity index (χ1n) is 15.6. The third kappa shape index (κ3) is 4.54. The van der Waals surface area contributed by atoms with E-state index in [2.05, 4.69) is 28.0 Å². The second-order valence-corrected chi connectivity index (χ2v) is 14.0. The molecule has 4 fully saturated rings. The average Bonchev–Trinajstić information content (AvgIpc) is 3.32. The number of methoxy groups -OCH3 is 1. The number of fused-ring (bicyclic) bond motifs is 3. The van der Waals surface area contributed by atoms with Gasteiger partial charge in [0.1, 0.15) is 5.82 Å². The van der Waals surface area contributed by atoms with Gasteiger partial charge in [-0.05, 0) is 57.2 Å². The van der Waals surface area contributed by atoms with Crippen LogP contribution in [-0.2, 0) is 14.3 Å². The number of rotatable bonds is 6. The Morgan fingerprint density at radius 3 is 2.57 bits per heavy atom. The Labute approximate surface area is 263 Å². The molecule has 0 unspecified atom stereocenters. The van der Waals surface area contributed by atoms with Crippen molar-refractivity contribution in [1.29, 1.82) is 0 Å². The number of benzene rings is 1. The van der Waals surface area contributed by atoms with Gasteiger partial charge in [0.25, 0.3) is 0 Å². The van der Waals surface area contributed by atoms with Crippen molar-refractivity contribution in [3.63, 3.8) is 0 Å². The average molecular weight is 623 g/mol. The fourth-order valence-corrected chi connectivity index (χ4v) is 8.61. The number of ether oxygens (including phenoxy) is 2. The van der Waals surface area contributed by atoms with Gasteiger partial charge in [-0.25, -0.2) is 9.67 Å². The summed E-state index contributed by atoms with van der Waals surface area (Å²) in [6.07, 6.45) is 5.31. The number of piperazine rings is 1. The van der Waals surface area contributed by atoms with Crippen LogP contribution in [0.2, 0.25) is 5.02 Å². The molecule has 3 aromatic rings. The number of amides is 1. The number of pyridine rings is 1. The maximum absolute atomic E-state index is 12.1. The molecule has 4 N–H and O–H groups in total. The van der Waals surface area contributed by atoms with Gasteiger partial charge in [-0.2, -0.15) is 5.10 Å². The zero-order valence-electron chi connectivity index (χ0n) is 25.9. The number of halogens is 1. The molecule has 4 aliphatic rings. The number of nitrogens with zero attached hydrogens (tertiary/aromatic N) is 6.